The van der Waals surface area contributed by atoms with Crippen molar-refractivity contribution in [2.75, 3.05) is 0 Å². The van der Waals surface area contributed by atoms with Gasteiger partial charge in [0.15, 0.2) is 0 Å². The first-order valence-corrected chi connectivity index (χ1v) is 7.62. The summed E-state index contributed by atoms with van der Waals surface area (Å²) in [5, 5.41) is 2.08. The number of amides is 1. The first kappa shape index (κ1) is 13.3. The monoisotopic (exact) mass is 263 g/mol. The van der Waals surface area contributed by atoms with Gasteiger partial charge in [0.2, 0.25) is 5.91 Å². The minimum Gasteiger partial charge on any atom is -0.335 e. The number of hydrogen-bond donors (Lipinski definition) is 0. The van der Waals surface area contributed by atoms with Gasteiger partial charge in [-0.15, -0.1) is 17.9 Å². The van der Waals surface area contributed by atoms with Gasteiger partial charge in [-0.2, -0.15) is 0 Å². The van der Waals surface area contributed by atoms with Crippen LogP contribution in [0.25, 0.3) is 0 Å². The number of carbonyl (C=O) groups excluding carboxylic acids is 1. The minimum absolute atomic E-state index is 0.287. The molecular weight excluding hydrogens is 242 g/mol. The largest absolute Gasteiger partial charge is 0.335 e. The lowest BCUT2D eigenvalue weighted by atomic mass is 10.1. The first-order valence-electron chi connectivity index (χ1n) is 6.74. The summed E-state index contributed by atoms with van der Waals surface area (Å²) in [6, 6.07) is 4.64. The first-order chi connectivity index (χ1) is 8.81. The molecule has 0 radical (unpaired) electrons. The molecule has 0 bridgehead atoms. The van der Waals surface area contributed by atoms with E-state index in [1.807, 2.05) is 6.08 Å². The summed E-state index contributed by atoms with van der Waals surface area (Å²) in [6.45, 7) is 4.49. The van der Waals surface area contributed by atoms with E-state index in [9.17, 15) is 4.79 Å². The Morgan fingerprint density at radius 2 is 2.28 bits per heavy atom. The summed E-state index contributed by atoms with van der Waals surface area (Å²) in [4.78, 5) is 15.7. The lowest BCUT2D eigenvalue weighted by molar-refractivity contribution is -0.134. The standard InChI is InChI=1S/C15H21NOS/c1-2-3-10-15(17)16(13-7-4-5-8-13)12-14-9-6-11-18-14/h2,6,9,11,13H,1,3-5,7-8,10,12H2. The average Bonchev–Trinajstić information content (AvgIpc) is 3.05. The highest BCUT2D eigenvalue weighted by atomic mass is 32.1. The molecule has 0 N–H and O–H groups in total. The predicted octanol–water partition coefficient (Wildman–Crippen LogP) is 3.99. The van der Waals surface area contributed by atoms with E-state index in [1.165, 1.54) is 30.6 Å². The molecule has 1 aliphatic carbocycles. The van der Waals surface area contributed by atoms with Gasteiger partial charge in [0.1, 0.15) is 0 Å². The van der Waals surface area contributed by atoms with Gasteiger partial charge in [0.25, 0.3) is 0 Å². The van der Waals surface area contributed by atoms with Crippen LogP contribution in [0.2, 0.25) is 0 Å². The van der Waals surface area contributed by atoms with Crippen molar-refractivity contribution < 1.29 is 4.79 Å². The van der Waals surface area contributed by atoms with E-state index in [0.29, 0.717) is 12.5 Å². The lowest BCUT2D eigenvalue weighted by Gasteiger charge is -2.28. The zero-order valence-electron chi connectivity index (χ0n) is 10.8. The predicted molar refractivity (Wildman–Crippen MR) is 76.6 cm³/mol. The number of hydrogen-bond acceptors (Lipinski definition) is 2. The summed E-state index contributed by atoms with van der Waals surface area (Å²) >= 11 is 1.74. The van der Waals surface area contributed by atoms with Gasteiger partial charge < -0.3 is 4.90 Å². The highest BCUT2D eigenvalue weighted by molar-refractivity contribution is 7.09. The highest BCUT2D eigenvalue weighted by Gasteiger charge is 2.26. The molecule has 0 saturated heterocycles. The molecular formula is C15H21NOS. The Labute approximate surface area is 113 Å². The van der Waals surface area contributed by atoms with Gasteiger partial charge in [-0.05, 0) is 30.7 Å². The van der Waals surface area contributed by atoms with Gasteiger partial charge >= 0.3 is 0 Å². The molecule has 18 heavy (non-hydrogen) atoms. The smallest absolute Gasteiger partial charge is 0.223 e. The van der Waals surface area contributed by atoms with Crippen LogP contribution < -0.4 is 0 Å². The molecule has 1 fully saturated rings. The van der Waals surface area contributed by atoms with Crippen LogP contribution in [0.3, 0.4) is 0 Å². The van der Waals surface area contributed by atoms with Crippen LogP contribution in [0.1, 0.15) is 43.4 Å². The van der Waals surface area contributed by atoms with Crippen molar-refractivity contribution in [2.24, 2.45) is 0 Å². The van der Waals surface area contributed by atoms with E-state index in [0.717, 1.165) is 13.0 Å². The normalized spacial score (nSPS) is 15.8. The fourth-order valence-electron chi connectivity index (χ4n) is 2.58. The van der Waals surface area contributed by atoms with Crippen LogP contribution >= 0.6 is 11.3 Å². The number of nitrogens with zero attached hydrogens (tertiary/aromatic N) is 1. The van der Waals surface area contributed by atoms with Crippen molar-refractivity contribution in [3.63, 3.8) is 0 Å². The van der Waals surface area contributed by atoms with Crippen molar-refractivity contribution in [3.05, 3.63) is 35.0 Å². The second-order valence-electron chi connectivity index (χ2n) is 4.87. The van der Waals surface area contributed by atoms with Crippen LogP contribution in [-0.2, 0) is 11.3 Å². The number of rotatable bonds is 6. The van der Waals surface area contributed by atoms with E-state index < -0.39 is 0 Å². The molecule has 0 unspecified atom stereocenters. The third kappa shape index (κ3) is 3.45. The molecule has 0 spiro atoms. The SMILES string of the molecule is C=CCCC(=O)N(Cc1cccs1)C1CCCC1. The Morgan fingerprint density at radius 3 is 2.89 bits per heavy atom. The summed E-state index contributed by atoms with van der Waals surface area (Å²) in [6.07, 6.45) is 8.09. The number of thiophene rings is 1. The molecule has 3 heteroatoms. The molecule has 0 atom stereocenters. The van der Waals surface area contributed by atoms with Crippen molar-refractivity contribution in [1.29, 1.82) is 0 Å². The maximum Gasteiger partial charge on any atom is 0.223 e. The minimum atomic E-state index is 0.287. The highest BCUT2D eigenvalue weighted by Crippen LogP contribution is 2.26. The molecule has 0 aliphatic heterocycles. The van der Waals surface area contributed by atoms with E-state index >= 15 is 0 Å². The van der Waals surface area contributed by atoms with E-state index in [1.54, 1.807) is 11.3 Å². The molecule has 1 saturated carbocycles. The molecule has 1 amide bonds. The fourth-order valence-corrected chi connectivity index (χ4v) is 3.28. The summed E-state index contributed by atoms with van der Waals surface area (Å²) in [5.41, 5.74) is 0. The molecule has 1 aromatic rings. The molecule has 0 aromatic carbocycles. The molecule has 1 aliphatic rings. The lowest BCUT2D eigenvalue weighted by Crippen LogP contribution is -2.37. The Morgan fingerprint density at radius 1 is 1.50 bits per heavy atom. The Hall–Kier alpha value is -1.09. The Kier molecular flexibility index (Phi) is 5.00. The molecule has 98 valence electrons. The van der Waals surface area contributed by atoms with Crippen LogP contribution in [0.15, 0.2) is 30.2 Å². The molecule has 2 nitrogen and oxygen atoms in total. The topological polar surface area (TPSA) is 20.3 Å². The maximum atomic E-state index is 12.3. The second-order valence-corrected chi connectivity index (χ2v) is 5.90. The summed E-state index contributed by atoms with van der Waals surface area (Å²) < 4.78 is 0. The van der Waals surface area contributed by atoms with Crippen molar-refractivity contribution in [1.82, 2.24) is 4.90 Å². The Balaban J connectivity index is 2.01. The molecule has 1 heterocycles. The van der Waals surface area contributed by atoms with E-state index in [2.05, 4.69) is 29.0 Å². The third-order valence-corrected chi connectivity index (χ3v) is 4.42. The van der Waals surface area contributed by atoms with Crippen molar-refractivity contribution in [2.45, 2.75) is 51.1 Å². The van der Waals surface area contributed by atoms with Crippen LogP contribution in [0.4, 0.5) is 0 Å². The summed E-state index contributed by atoms with van der Waals surface area (Å²) in [7, 11) is 0. The molecule has 2 rings (SSSR count). The maximum absolute atomic E-state index is 12.3. The Bertz CT molecular complexity index is 379. The van der Waals surface area contributed by atoms with Gasteiger partial charge in [0, 0.05) is 17.3 Å². The van der Waals surface area contributed by atoms with Gasteiger partial charge in [0.05, 0.1) is 6.54 Å². The number of carbonyl (C=O) groups is 1. The van der Waals surface area contributed by atoms with Gasteiger partial charge in [-0.25, -0.2) is 0 Å². The van der Waals surface area contributed by atoms with E-state index in [-0.39, 0.29) is 5.91 Å². The van der Waals surface area contributed by atoms with Gasteiger partial charge in [-0.1, -0.05) is 25.0 Å². The molecule has 1 aromatic heterocycles. The zero-order chi connectivity index (χ0) is 12.8. The second kappa shape index (κ2) is 6.74. The summed E-state index contributed by atoms with van der Waals surface area (Å²) in [5.74, 6) is 0.287. The number of allylic oxidation sites excluding steroid dienone is 1. The van der Waals surface area contributed by atoms with Gasteiger partial charge in [-0.3, -0.25) is 4.79 Å². The quantitative estimate of drug-likeness (QED) is 0.711. The van der Waals surface area contributed by atoms with E-state index in [4.69, 9.17) is 0 Å². The van der Waals surface area contributed by atoms with Crippen LogP contribution in [0, 0.1) is 0 Å². The third-order valence-electron chi connectivity index (χ3n) is 3.55. The van der Waals surface area contributed by atoms with Crippen LogP contribution in [0.5, 0.6) is 0 Å². The van der Waals surface area contributed by atoms with Crippen molar-refractivity contribution >= 4 is 17.2 Å². The zero-order valence-corrected chi connectivity index (χ0v) is 11.6. The van der Waals surface area contributed by atoms with Crippen molar-refractivity contribution in [3.8, 4) is 0 Å². The average molecular weight is 263 g/mol. The van der Waals surface area contributed by atoms with Crippen LogP contribution in [-0.4, -0.2) is 16.8 Å². The fraction of sp³-hybridized carbons (Fsp3) is 0.533.